The van der Waals surface area contributed by atoms with Crippen molar-refractivity contribution >= 4 is 17.3 Å². The molecule has 0 aliphatic heterocycles. The molecular formula is C12H19N3O2. The van der Waals surface area contributed by atoms with Crippen molar-refractivity contribution in [3.8, 4) is 0 Å². The monoisotopic (exact) mass is 237 g/mol. The van der Waals surface area contributed by atoms with Crippen LogP contribution in [0.3, 0.4) is 0 Å². The number of carbonyl (C=O) groups is 1. The Hall–Kier alpha value is -1.75. The Bertz CT molecular complexity index is 403. The molecule has 0 radical (unpaired) electrons. The van der Waals surface area contributed by atoms with Crippen molar-refractivity contribution in [2.24, 2.45) is 0 Å². The van der Waals surface area contributed by atoms with Crippen LogP contribution in [0.1, 0.15) is 17.3 Å². The van der Waals surface area contributed by atoms with E-state index in [9.17, 15) is 4.79 Å². The second-order valence-corrected chi connectivity index (χ2v) is 4.23. The molecule has 1 rings (SSSR count). The van der Waals surface area contributed by atoms with Crippen molar-refractivity contribution in [2.45, 2.75) is 13.0 Å². The minimum atomic E-state index is -0.447. The van der Waals surface area contributed by atoms with Gasteiger partial charge in [-0.3, -0.25) is 4.79 Å². The maximum absolute atomic E-state index is 11.7. The largest absolute Gasteiger partial charge is 0.397 e. The highest BCUT2D eigenvalue weighted by Crippen LogP contribution is 2.20. The Balaban J connectivity index is 2.83. The predicted molar refractivity (Wildman–Crippen MR) is 69.0 cm³/mol. The van der Waals surface area contributed by atoms with E-state index in [2.05, 4.69) is 5.32 Å². The van der Waals surface area contributed by atoms with Gasteiger partial charge in [0, 0.05) is 26.2 Å². The molecule has 0 aliphatic carbocycles. The molecule has 0 aromatic heterocycles. The second kappa shape index (κ2) is 5.54. The van der Waals surface area contributed by atoms with E-state index in [-0.39, 0.29) is 5.91 Å². The highest BCUT2D eigenvalue weighted by Gasteiger charge is 2.09. The molecule has 1 amide bonds. The quantitative estimate of drug-likeness (QED) is 0.676. The first kappa shape index (κ1) is 13.3. The molecule has 0 saturated carbocycles. The summed E-state index contributed by atoms with van der Waals surface area (Å²) in [6.45, 7) is 2.11. The first-order valence-electron chi connectivity index (χ1n) is 5.45. The lowest BCUT2D eigenvalue weighted by atomic mass is 10.1. The average Bonchev–Trinajstić information content (AvgIpc) is 2.26. The molecule has 0 heterocycles. The van der Waals surface area contributed by atoms with E-state index in [0.717, 1.165) is 5.69 Å². The SMILES string of the molecule is CC(O)CNc1ccc(C(=O)N(C)C)cc1N. The summed E-state index contributed by atoms with van der Waals surface area (Å²) in [5.41, 5.74) is 7.60. The highest BCUT2D eigenvalue weighted by molar-refractivity contribution is 5.95. The van der Waals surface area contributed by atoms with Crippen molar-refractivity contribution in [1.82, 2.24) is 4.90 Å². The molecule has 94 valence electrons. The van der Waals surface area contributed by atoms with Gasteiger partial charge < -0.3 is 21.1 Å². The standard InChI is InChI=1S/C12H19N3O2/c1-8(16)7-14-11-5-4-9(6-10(11)13)12(17)15(2)3/h4-6,8,14,16H,7,13H2,1-3H3. The van der Waals surface area contributed by atoms with Gasteiger partial charge in [-0.05, 0) is 25.1 Å². The molecule has 0 spiro atoms. The zero-order valence-corrected chi connectivity index (χ0v) is 10.4. The third-order valence-electron chi connectivity index (χ3n) is 2.29. The van der Waals surface area contributed by atoms with E-state index in [4.69, 9.17) is 10.8 Å². The van der Waals surface area contributed by atoms with Crippen LogP contribution in [-0.4, -0.2) is 42.7 Å². The Morgan fingerprint density at radius 3 is 2.65 bits per heavy atom. The number of aliphatic hydroxyl groups excluding tert-OH is 1. The van der Waals surface area contributed by atoms with Crippen LogP contribution in [0.2, 0.25) is 0 Å². The number of anilines is 2. The summed E-state index contributed by atoms with van der Waals surface area (Å²) in [5.74, 6) is -0.0845. The molecule has 1 aromatic carbocycles. The van der Waals surface area contributed by atoms with Gasteiger partial charge in [0.2, 0.25) is 0 Å². The van der Waals surface area contributed by atoms with Crippen molar-refractivity contribution in [3.05, 3.63) is 23.8 Å². The molecule has 1 atom stereocenters. The molecule has 0 bridgehead atoms. The van der Waals surface area contributed by atoms with Crippen LogP contribution in [0.4, 0.5) is 11.4 Å². The molecule has 1 unspecified atom stereocenters. The summed E-state index contributed by atoms with van der Waals surface area (Å²) in [4.78, 5) is 13.2. The van der Waals surface area contributed by atoms with Gasteiger partial charge in [-0.25, -0.2) is 0 Å². The fraction of sp³-hybridized carbons (Fsp3) is 0.417. The number of hydrogen-bond donors (Lipinski definition) is 3. The fourth-order valence-electron chi connectivity index (χ4n) is 1.37. The van der Waals surface area contributed by atoms with Crippen LogP contribution in [0.25, 0.3) is 0 Å². The summed E-state index contributed by atoms with van der Waals surface area (Å²) in [5, 5.41) is 12.2. The first-order valence-corrected chi connectivity index (χ1v) is 5.45. The number of rotatable bonds is 4. The number of amides is 1. The molecular weight excluding hydrogens is 218 g/mol. The predicted octanol–water partition coefficient (Wildman–Crippen LogP) is 0.763. The summed E-state index contributed by atoms with van der Waals surface area (Å²) >= 11 is 0. The summed E-state index contributed by atoms with van der Waals surface area (Å²) in [7, 11) is 3.39. The number of benzene rings is 1. The fourth-order valence-corrected chi connectivity index (χ4v) is 1.37. The summed E-state index contributed by atoms with van der Waals surface area (Å²) in [6.07, 6.45) is -0.447. The van der Waals surface area contributed by atoms with Gasteiger partial charge in [-0.1, -0.05) is 0 Å². The number of hydrogen-bond acceptors (Lipinski definition) is 4. The van der Waals surface area contributed by atoms with Gasteiger partial charge in [-0.2, -0.15) is 0 Å². The smallest absolute Gasteiger partial charge is 0.253 e. The zero-order valence-electron chi connectivity index (χ0n) is 10.4. The number of nitrogens with zero attached hydrogens (tertiary/aromatic N) is 1. The first-order chi connectivity index (χ1) is 7.91. The molecule has 5 heteroatoms. The maximum atomic E-state index is 11.7. The van der Waals surface area contributed by atoms with Crippen LogP contribution in [0, 0.1) is 0 Å². The van der Waals surface area contributed by atoms with Crippen molar-refractivity contribution in [1.29, 1.82) is 0 Å². The molecule has 17 heavy (non-hydrogen) atoms. The summed E-state index contributed by atoms with van der Waals surface area (Å²) in [6, 6.07) is 5.09. The third-order valence-corrected chi connectivity index (χ3v) is 2.29. The topological polar surface area (TPSA) is 78.6 Å². The minimum Gasteiger partial charge on any atom is -0.397 e. The van der Waals surface area contributed by atoms with E-state index in [1.807, 2.05) is 0 Å². The molecule has 0 saturated heterocycles. The second-order valence-electron chi connectivity index (χ2n) is 4.23. The Labute approximate surface area is 101 Å². The van der Waals surface area contributed by atoms with Crippen LogP contribution in [0.5, 0.6) is 0 Å². The Morgan fingerprint density at radius 2 is 2.18 bits per heavy atom. The van der Waals surface area contributed by atoms with Crippen molar-refractivity contribution in [2.75, 3.05) is 31.7 Å². The van der Waals surface area contributed by atoms with Crippen LogP contribution in [-0.2, 0) is 0 Å². The Kier molecular flexibility index (Phi) is 4.34. The third kappa shape index (κ3) is 3.64. The Morgan fingerprint density at radius 1 is 1.53 bits per heavy atom. The molecule has 4 N–H and O–H groups in total. The van der Waals surface area contributed by atoms with Gasteiger partial charge in [0.25, 0.3) is 5.91 Å². The van der Waals surface area contributed by atoms with E-state index in [1.54, 1.807) is 39.2 Å². The molecule has 1 aromatic rings. The van der Waals surface area contributed by atoms with Gasteiger partial charge in [-0.15, -0.1) is 0 Å². The number of nitrogen functional groups attached to an aromatic ring is 1. The van der Waals surface area contributed by atoms with Gasteiger partial charge in [0.1, 0.15) is 0 Å². The van der Waals surface area contributed by atoms with Crippen LogP contribution < -0.4 is 11.1 Å². The van der Waals surface area contributed by atoms with Crippen molar-refractivity contribution in [3.63, 3.8) is 0 Å². The molecule has 0 aliphatic rings. The lowest BCUT2D eigenvalue weighted by molar-refractivity contribution is 0.0827. The number of aliphatic hydroxyl groups is 1. The zero-order chi connectivity index (χ0) is 13.0. The van der Waals surface area contributed by atoms with E-state index in [1.165, 1.54) is 4.90 Å². The normalized spacial score (nSPS) is 12.0. The summed E-state index contributed by atoms with van der Waals surface area (Å²) < 4.78 is 0. The van der Waals surface area contributed by atoms with Crippen LogP contribution in [0.15, 0.2) is 18.2 Å². The van der Waals surface area contributed by atoms with Gasteiger partial charge in [0.15, 0.2) is 0 Å². The average molecular weight is 237 g/mol. The van der Waals surface area contributed by atoms with E-state index >= 15 is 0 Å². The molecule has 5 nitrogen and oxygen atoms in total. The van der Waals surface area contributed by atoms with Crippen molar-refractivity contribution < 1.29 is 9.90 Å². The van der Waals surface area contributed by atoms with E-state index < -0.39 is 6.10 Å². The highest BCUT2D eigenvalue weighted by atomic mass is 16.3. The lowest BCUT2D eigenvalue weighted by Crippen LogP contribution is -2.22. The number of nitrogens with two attached hydrogens (primary N) is 1. The van der Waals surface area contributed by atoms with Gasteiger partial charge in [0.05, 0.1) is 17.5 Å². The van der Waals surface area contributed by atoms with E-state index in [0.29, 0.717) is 17.8 Å². The molecule has 0 fully saturated rings. The number of nitrogens with one attached hydrogen (secondary N) is 1. The van der Waals surface area contributed by atoms with Crippen LogP contribution >= 0.6 is 0 Å². The number of carbonyl (C=O) groups excluding carboxylic acids is 1. The van der Waals surface area contributed by atoms with Gasteiger partial charge >= 0.3 is 0 Å². The minimum absolute atomic E-state index is 0.0845. The maximum Gasteiger partial charge on any atom is 0.253 e. The lowest BCUT2D eigenvalue weighted by Gasteiger charge is -2.14.